The minimum atomic E-state index is -0.807. The van der Waals surface area contributed by atoms with Crippen molar-refractivity contribution in [3.8, 4) is 0 Å². The molecule has 2 N–H and O–H groups in total. The van der Waals surface area contributed by atoms with Gasteiger partial charge in [0.1, 0.15) is 17.4 Å². The van der Waals surface area contributed by atoms with Gasteiger partial charge in [-0.15, -0.1) is 0 Å². The van der Waals surface area contributed by atoms with Crippen molar-refractivity contribution in [2.45, 2.75) is 6.42 Å². The number of anilines is 3. The Labute approximate surface area is 201 Å². The number of benzene rings is 1. The van der Waals surface area contributed by atoms with Gasteiger partial charge in [-0.3, -0.25) is 4.21 Å². The summed E-state index contributed by atoms with van der Waals surface area (Å²) in [7, 11) is 0.832. The number of aromatic nitrogens is 4. The summed E-state index contributed by atoms with van der Waals surface area (Å²) in [4.78, 5) is 22.7. The number of fused-ring (bicyclic) bond motifs is 1. The summed E-state index contributed by atoms with van der Waals surface area (Å²) < 4.78 is 17.2. The maximum Gasteiger partial charge on any atom is 0.228 e. The summed E-state index contributed by atoms with van der Waals surface area (Å²) in [6, 6.07) is 10.3. The smallest absolute Gasteiger partial charge is 0.228 e. The largest absolute Gasteiger partial charge is 0.395 e. The van der Waals surface area contributed by atoms with Crippen molar-refractivity contribution in [3.05, 3.63) is 42.2 Å². The third-order valence-electron chi connectivity index (χ3n) is 5.70. The quantitative estimate of drug-likeness (QED) is 0.409. The number of ether oxygens (including phenoxy) is 1. The third-order valence-corrected chi connectivity index (χ3v) is 6.97. The number of nitrogens with zero attached hydrogens (tertiary/aromatic N) is 6. The lowest BCUT2D eigenvalue weighted by atomic mass is 10.1. The Hall–Kier alpha value is -2.89. The van der Waals surface area contributed by atoms with E-state index in [9.17, 15) is 9.32 Å². The first kappa shape index (κ1) is 24.2. The number of rotatable bonds is 11. The highest BCUT2D eigenvalue weighted by atomic mass is 32.2. The molecule has 1 aliphatic heterocycles. The van der Waals surface area contributed by atoms with Crippen molar-refractivity contribution in [2.24, 2.45) is 0 Å². The molecule has 182 valence electrons. The summed E-state index contributed by atoms with van der Waals surface area (Å²) in [5.74, 6) is 3.02. The molecule has 3 aromatic rings. The van der Waals surface area contributed by atoms with E-state index in [0.29, 0.717) is 79.5 Å². The zero-order chi connectivity index (χ0) is 23.8. The summed E-state index contributed by atoms with van der Waals surface area (Å²) in [5, 5.41) is 13.0. The van der Waals surface area contributed by atoms with Crippen LogP contribution in [0.4, 0.5) is 17.6 Å². The Kier molecular flexibility index (Phi) is 8.56. The van der Waals surface area contributed by atoms with E-state index in [0.717, 1.165) is 6.42 Å². The van der Waals surface area contributed by atoms with Crippen molar-refractivity contribution in [2.75, 3.05) is 79.7 Å². The van der Waals surface area contributed by atoms with Crippen LogP contribution in [0, 0.1) is 0 Å². The molecule has 0 saturated carbocycles. The summed E-state index contributed by atoms with van der Waals surface area (Å²) in [6.45, 7) is 3.33. The van der Waals surface area contributed by atoms with Gasteiger partial charge in [0.15, 0.2) is 11.6 Å². The number of hydrogen-bond acceptors (Lipinski definition) is 10. The lowest BCUT2D eigenvalue weighted by Gasteiger charge is -2.29. The average Bonchev–Trinajstić information content (AvgIpc) is 2.87. The molecule has 0 unspecified atom stereocenters. The predicted octanol–water partition coefficient (Wildman–Crippen LogP) is 1.09. The summed E-state index contributed by atoms with van der Waals surface area (Å²) >= 11 is 0. The maximum atomic E-state index is 11.9. The molecule has 10 nitrogen and oxygen atoms in total. The van der Waals surface area contributed by atoms with Crippen LogP contribution in [0.25, 0.3) is 11.0 Å². The number of aliphatic hydroxyl groups excluding tert-OH is 1. The fourth-order valence-electron chi connectivity index (χ4n) is 3.87. The monoisotopic (exact) mass is 485 g/mol. The zero-order valence-corrected chi connectivity index (χ0v) is 20.2. The van der Waals surface area contributed by atoms with E-state index in [-0.39, 0.29) is 6.61 Å². The van der Waals surface area contributed by atoms with Gasteiger partial charge in [0.05, 0.1) is 13.2 Å². The number of hydrogen-bond donors (Lipinski definition) is 2. The van der Waals surface area contributed by atoms with Gasteiger partial charge >= 0.3 is 0 Å². The average molecular weight is 486 g/mol. The van der Waals surface area contributed by atoms with Crippen LogP contribution in [-0.4, -0.2) is 93.8 Å². The molecule has 4 rings (SSSR count). The van der Waals surface area contributed by atoms with Crippen LogP contribution in [0.15, 0.2) is 36.7 Å². The Morgan fingerprint density at radius 3 is 2.65 bits per heavy atom. The van der Waals surface area contributed by atoms with E-state index in [1.807, 2.05) is 23.1 Å². The van der Waals surface area contributed by atoms with Gasteiger partial charge in [0, 0.05) is 62.1 Å². The normalized spacial score (nSPS) is 14.5. The molecular weight excluding hydrogens is 454 g/mol. The lowest BCUT2D eigenvalue weighted by molar-refractivity contribution is 0.202. The van der Waals surface area contributed by atoms with Gasteiger partial charge < -0.3 is 25.0 Å². The number of methoxy groups -OCH3 is 1. The summed E-state index contributed by atoms with van der Waals surface area (Å²) in [6.07, 6.45) is 2.37. The van der Waals surface area contributed by atoms with Gasteiger partial charge in [0.25, 0.3) is 0 Å². The van der Waals surface area contributed by atoms with E-state index in [4.69, 9.17) is 14.7 Å². The Bertz CT molecular complexity index is 1090. The Morgan fingerprint density at radius 2 is 1.91 bits per heavy atom. The first-order valence-electron chi connectivity index (χ1n) is 11.4. The highest BCUT2D eigenvalue weighted by molar-refractivity contribution is 7.85. The third kappa shape index (κ3) is 5.96. The highest BCUT2D eigenvalue weighted by Crippen LogP contribution is 2.29. The zero-order valence-electron chi connectivity index (χ0n) is 19.4. The predicted molar refractivity (Wildman–Crippen MR) is 135 cm³/mol. The van der Waals surface area contributed by atoms with Crippen LogP contribution in [0.1, 0.15) is 5.56 Å². The van der Waals surface area contributed by atoms with Crippen LogP contribution in [-0.2, 0) is 22.0 Å². The molecule has 0 radical (unpaired) electrons. The molecule has 0 bridgehead atoms. The molecule has 0 spiro atoms. The van der Waals surface area contributed by atoms with Crippen LogP contribution in [0.2, 0.25) is 0 Å². The molecular formula is C23H31N7O3S. The van der Waals surface area contributed by atoms with Crippen molar-refractivity contribution in [1.29, 1.82) is 0 Å². The molecule has 11 heteroatoms. The second-order valence-electron chi connectivity index (χ2n) is 7.97. The minimum Gasteiger partial charge on any atom is -0.395 e. The van der Waals surface area contributed by atoms with E-state index in [2.05, 4.69) is 32.3 Å². The Balaban J connectivity index is 1.69. The maximum absolute atomic E-state index is 11.9. The van der Waals surface area contributed by atoms with E-state index >= 15 is 0 Å². The summed E-state index contributed by atoms with van der Waals surface area (Å²) in [5.41, 5.74) is 2.52. The van der Waals surface area contributed by atoms with Gasteiger partial charge in [0.2, 0.25) is 5.95 Å². The molecule has 1 saturated heterocycles. The Morgan fingerprint density at radius 1 is 1.12 bits per heavy atom. The van der Waals surface area contributed by atoms with Crippen molar-refractivity contribution >= 4 is 39.4 Å². The van der Waals surface area contributed by atoms with Gasteiger partial charge in [-0.1, -0.05) is 30.3 Å². The molecule has 0 aliphatic carbocycles. The van der Waals surface area contributed by atoms with Crippen molar-refractivity contribution < 1.29 is 14.1 Å². The molecule has 2 aromatic heterocycles. The first-order valence-corrected chi connectivity index (χ1v) is 12.9. The van der Waals surface area contributed by atoms with E-state index < -0.39 is 10.8 Å². The molecule has 34 heavy (non-hydrogen) atoms. The second-order valence-corrected chi connectivity index (χ2v) is 9.66. The molecule has 1 fully saturated rings. The highest BCUT2D eigenvalue weighted by Gasteiger charge is 2.24. The standard InChI is InChI=1S/C23H31N7O3S/c1-33-14-10-30(9-13-31)23-27-19-20(22(28-23)29-11-15-34(32)16-12-29)25-17-26-21(19)24-8-7-18-5-3-2-4-6-18/h2-6,17,31H,7-16H2,1H3,(H,24,25,26). The van der Waals surface area contributed by atoms with Crippen LogP contribution < -0.4 is 15.1 Å². The fraction of sp³-hybridized carbons (Fsp3) is 0.478. The molecule has 0 amide bonds. The van der Waals surface area contributed by atoms with Crippen molar-refractivity contribution in [3.63, 3.8) is 0 Å². The van der Waals surface area contributed by atoms with Crippen LogP contribution >= 0.6 is 0 Å². The minimum absolute atomic E-state index is 0.0311. The number of aliphatic hydroxyl groups is 1. The number of nitrogens with one attached hydrogen (secondary N) is 1. The van der Waals surface area contributed by atoms with Gasteiger partial charge in [-0.25, -0.2) is 15.0 Å². The van der Waals surface area contributed by atoms with Crippen molar-refractivity contribution in [1.82, 2.24) is 19.9 Å². The molecule has 1 aliphatic rings. The van der Waals surface area contributed by atoms with E-state index in [1.165, 1.54) is 11.9 Å². The van der Waals surface area contributed by atoms with Gasteiger partial charge in [-0.05, 0) is 12.0 Å². The van der Waals surface area contributed by atoms with E-state index in [1.54, 1.807) is 7.11 Å². The van der Waals surface area contributed by atoms with Crippen LogP contribution in [0.3, 0.4) is 0 Å². The first-order chi connectivity index (χ1) is 16.7. The van der Waals surface area contributed by atoms with Crippen LogP contribution in [0.5, 0.6) is 0 Å². The lowest BCUT2D eigenvalue weighted by Crippen LogP contribution is -2.39. The molecule has 1 aromatic carbocycles. The fourth-order valence-corrected chi connectivity index (χ4v) is 4.92. The SMILES string of the molecule is COCCN(CCO)c1nc(N2CCS(=O)CC2)c2ncnc(NCCc3ccccc3)c2n1. The molecule has 0 atom stereocenters. The second kappa shape index (κ2) is 12.0. The molecule has 3 heterocycles. The van der Waals surface area contributed by atoms with Gasteiger partial charge in [-0.2, -0.15) is 4.98 Å². The topological polar surface area (TPSA) is 117 Å².